The molecule has 116 valence electrons. The molecule has 0 aromatic rings. The van der Waals surface area contributed by atoms with Crippen molar-refractivity contribution in [2.75, 3.05) is 0 Å². The monoisotopic (exact) mass is 293 g/mol. The highest BCUT2D eigenvalue weighted by molar-refractivity contribution is 5.93. The van der Waals surface area contributed by atoms with E-state index in [1.807, 2.05) is 0 Å². The third kappa shape index (κ3) is 4.48. The van der Waals surface area contributed by atoms with Crippen LogP contribution in [0.4, 0.5) is 0 Å². The molecule has 1 atom stereocenters. The average Bonchev–Trinajstić information content (AvgIpc) is 2.38. The van der Waals surface area contributed by atoms with E-state index in [9.17, 15) is 9.59 Å². The zero-order chi connectivity index (χ0) is 16.0. The molecule has 1 rings (SSSR count). The molecular weight excluding hydrogens is 270 g/mol. The molecule has 1 aliphatic rings. The van der Waals surface area contributed by atoms with Crippen LogP contribution in [0.3, 0.4) is 0 Å². The molecule has 0 amide bonds. The lowest BCUT2D eigenvalue weighted by molar-refractivity contribution is -0.153. The molecule has 21 heavy (non-hydrogen) atoms. The Bertz CT molecular complexity index is 477. The fourth-order valence-electron chi connectivity index (χ4n) is 1.83. The number of carbonyl (C=O) groups excluding carboxylic acids is 2. The van der Waals surface area contributed by atoms with E-state index >= 15 is 0 Å². The zero-order valence-electron chi connectivity index (χ0n) is 13.0. The highest BCUT2D eigenvalue weighted by Crippen LogP contribution is 2.22. The summed E-state index contributed by atoms with van der Waals surface area (Å²) in [6.45, 7) is 10.8. The van der Waals surface area contributed by atoms with E-state index < -0.39 is 17.5 Å². The highest BCUT2D eigenvalue weighted by atomic mass is 16.5. The van der Waals surface area contributed by atoms with Crippen molar-refractivity contribution in [1.82, 2.24) is 5.32 Å². The van der Waals surface area contributed by atoms with Crippen LogP contribution in [0.2, 0.25) is 0 Å². The van der Waals surface area contributed by atoms with Gasteiger partial charge in [0.05, 0.1) is 17.8 Å². The summed E-state index contributed by atoms with van der Waals surface area (Å²) >= 11 is 0. The number of hydrogen-bond acceptors (Lipinski definition) is 5. The Kier molecular flexibility index (Phi) is 5.76. The molecule has 0 spiro atoms. The lowest BCUT2D eigenvalue weighted by atomic mass is 9.91. The van der Waals surface area contributed by atoms with Gasteiger partial charge in [-0.2, -0.15) is 0 Å². The predicted octanol–water partition coefficient (Wildman–Crippen LogP) is 2.25. The van der Waals surface area contributed by atoms with Gasteiger partial charge >= 0.3 is 11.9 Å². The van der Waals surface area contributed by atoms with Gasteiger partial charge in [-0.3, -0.25) is 0 Å². The normalized spacial score (nSPS) is 20.8. The van der Waals surface area contributed by atoms with Gasteiger partial charge in [0.1, 0.15) is 0 Å². The van der Waals surface area contributed by atoms with Crippen LogP contribution in [-0.4, -0.2) is 29.7 Å². The molecule has 0 fully saturated rings. The quantitative estimate of drug-likeness (QED) is 0.601. The Labute approximate surface area is 125 Å². The van der Waals surface area contributed by atoms with Crippen LogP contribution in [0.25, 0.3) is 0 Å². The molecule has 0 aliphatic carbocycles. The minimum atomic E-state index is -1.02. The summed E-state index contributed by atoms with van der Waals surface area (Å²) < 4.78 is 10.4. The largest absolute Gasteiger partial charge is 0.461 e. The summed E-state index contributed by atoms with van der Waals surface area (Å²) in [6.07, 6.45) is 6.25. The van der Waals surface area contributed by atoms with E-state index in [0.29, 0.717) is 12.0 Å². The van der Waals surface area contributed by atoms with E-state index in [4.69, 9.17) is 9.47 Å². The number of hydrogen-bond donors (Lipinski definition) is 1. The molecule has 0 unspecified atom stereocenters. The maximum absolute atomic E-state index is 12.2. The van der Waals surface area contributed by atoms with E-state index in [2.05, 4.69) is 11.9 Å². The van der Waals surface area contributed by atoms with E-state index in [-0.39, 0.29) is 12.2 Å². The molecular formula is C16H23NO4. The first-order chi connectivity index (χ1) is 9.80. The first-order valence-corrected chi connectivity index (χ1v) is 7.01. The number of esters is 2. The molecule has 0 radical (unpaired) electrons. The van der Waals surface area contributed by atoms with Gasteiger partial charge in [0.15, 0.2) is 5.54 Å². The van der Waals surface area contributed by atoms with Crippen molar-refractivity contribution in [1.29, 1.82) is 0 Å². The van der Waals surface area contributed by atoms with Crippen molar-refractivity contribution in [3.8, 4) is 0 Å². The Morgan fingerprint density at radius 1 is 1.29 bits per heavy atom. The first-order valence-electron chi connectivity index (χ1n) is 7.01. The topological polar surface area (TPSA) is 64.6 Å². The lowest BCUT2D eigenvalue weighted by Gasteiger charge is -2.31. The Morgan fingerprint density at radius 2 is 1.90 bits per heavy atom. The van der Waals surface area contributed by atoms with Gasteiger partial charge in [0.2, 0.25) is 0 Å². The Morgan fingerprint density at radius 3 is 2.33 bits per heavy atom. The number of ether oxygens (including phenoxy) is 2. The van der Waals surface area contributed by atoms with Crippen LogP contribution in [0.1, 0.15) is 34.1 Å². The summed E-state index contributed by atoms with van der Waals surface area (Å²) in [5.74, 6) is -0.834. The highest BCUT2D eigenvalue weighted by Gasteiger charge is 2.38. The number of carbonyl (C=O) groups is 2. The molecule has 0 bridgehead atoms. The molecule has 1 aliphatic heterocycles. The third-order valence-electron chi connectivity index (χ3n) is 2.78. The van der Waals surface area contributed by atoms with Crippen molar-refractivity contribution < 1.29 is 19.1 Å². The minimum absolute atomic E-state index is 0.197. The molecule has 0 aromatic heterocycles. The first kappa shape index (κ1) is 17.0. The number of dihydropyridines is 1. The fourth-order valence-corrected chi connectivity index (χ4v) is 1.83. The summed E-state index contributed by atoms with van der Waals surface area (Å²) in [7, 11) is 0. The molecule has 0 aromatic carbocycles. The summed E-state index contributed by atoms with van der Waals surface area (Å²) in [5.41, 5.74) is -0.658. The molecule has 5 nitrogen and oxygen atoms in total. The summed E-state index contributed by atoms with van der Waals surface area (Å²) in [6, 6.07) is 0. The van der Waals surface area contributed by atoms with E-state index in [1.165, 1.54) is 6.20 Å². The van der Waals surface area contributed by atoms with Gasteiger partial charge in [-0.15, -0.1) is 6.58 Å². The Balaban J connectivity index is 2.87. The summed E-state index contributed by atoms with van der Waals surface area (Å²) in [5, 5.41) is 2.95. The second kappa shape index (κ2) is 7.11. The van der Waals surface area contributed by atoms with Gasteiger partial charge in [0.25, 0.3) is 0 Å². The van der Waals surface area contributed by atoms with Crippen LogP contribution < -0.4 is 5.32 Å². The van der Waals surface area contributed by atoms with Crippen molar-refractivity contribution in [3.63, 3.8) is 0 Å². The maximum Gasteiger partial charge on any atom is 0.339 e. The van der Waals surface area contributed by atoms with E-state index in [0.717, 1.165) is 0 Å². The van der Waals surface area contributed by atoms with Gasteiger partial charge in [-0.1, -0.05) is 6.08 Å². The molecule has 1 heterocycles. The van der Waals surface area contributed by atoms with Crippen molar-refractivity contribution in [2.45, 2.75) is 51.9 Å². The van der Waals surface area contributed by atoms with Crippen molar-refractivity contribution >= 4 is 11.9 Å². The maximum atomic E-state index is 12.2. The number of rotatable bonds is 6. The van der Waals surface area contributed by atoms with Crippen molar-refractivity contribution in [2.24, 2.45) is 0 Å². The zero-order valence-corrected chi connectivity index (χ0v) is 13.0. The predicted molar refractivity (Wildman–Crippen MR) is 80.4 cm³/mol. The fraction of sp³-hybridized carbons (Fsp3) is 0.500. The Hall–Kier alpha value is -2.04. The molecule has 0 saturated carbocycles. The smallest absolute Gasteiger partial charge is 0.339 e. The van der Waals surface area contributed by atoms with Gasteiger partial charge < -0.3 is 14.8 Å². The molecule has 0 saturated heterocycles. The molecule has 5 heteroatoms. The van der Waals surface area contributed by atoms with E-state index in [1.54, 1.807) is 45.9 Å². The van der Waals surface area contributed by atoms with Gasteiger partial charge in [-0.25, -0.2) is 9.59 Å². The lowest BCUT2D eigenvalue weighted by Crippen LogP contribution is -2.51. The second-order valence-electron chi connectivity index (χ2n) is 5.45. The van der Waals surface area contributed by atoms with Crippen molar-refractivity contribution in [3.05, 3.63) is 36.6 Å². The van der Waals surface area contributed by atoms with Crippen LogP contribution in [0, 0.1) is 0 Å². The van der Waals surface area contributed by atoms with Crippen LogP contribution in [0.5, 0.6) is 0 Å². The average molecular weight is 293 g/mol. The SMILES string of the molecule is C=CC[C@@]1(C(=O)OC(C)C)C=CC(C(=O)OC(C)C)=CN1. The number of nitrogens with one attached hydrogen (secondary N) is 1. The van der Waals surface area contributed by atoms with Crippen LogP contribution >= 0.6 is 0 Å². The minimum Gasteiger partial charge on any atom is -0.461 e. The standard InChI is InChI=1S/C16H23NO4/c1-6-8-16(15(19)21-12(4)5)9-7-13(10-17-16)14(18)20-11(2)3/h6-7,9-12,17H,1,8H2,2-5H3/t16-/m0/s1. The third-order valence-corrected chi connectivity index (χ3v) is 2.78. The molecule has 1 N–H and O–H groups in total. The summed E-state index contributed by atoms with van der Waals surface area (Å²) in [4.78, 5) is 24.1. The van der Waals surface area contributed by atoms with Gasteiger partial charge in [-0.05, 0) is 39.8 Å². The van der Waals surface area contributed by atoms with Crippen LogP contribution in [-0.2, 0) is 19.1 Å². The van der Waals surface area contributed by atoms with Crippen LogP contribution in [0.15, 0.2) is 36.6 Å². The van der Waals surface area contributed by atoms with Gasteiger partial charge in [0, 0.05) is 12.6 Å². The second-order valence-corrected chi connectivity index (χ2v) is 5.45.